The van der Waals surface area contributed by atoms with Gasteiger partial charge < -0.3 is 15.2 Å². The van der Waals surface area contributed by atoms with Gasteiger partial charge in [-0.1, -0.05) is 28.9 Å². The third-order valence-electron chi connectivity index (χ3n) is 4.55. The van der Waals surface area contributed by atoms with E-state index in [1.807, 2.05) is 31.2 Å². The molecule has 1 saturated heterocycles. The fourth-order valence-corrected chi connectivity index (χ4v) is 3.04. The van der Waals surface area contributed by atoms with Crippen molar-refractivity contribution in [1.82, 2.24) is 15.0 Å². The molecule has 0 bridgehead atoms. The predicted molar refractivity (Wildman–Crippen MR) is 91.3 cm³/mol. The molecule has 7 heteroatoms. The smallest absolute Gasteiger partial charge is 0.227 e. The molecular formula is C18H22N4O3. The Kier molecular flexibility index (Phi) is 5.11. The van der Waals surface area contributed by atoms with Crippen LogP contribution in [0, 0.1) is 12.8 Å². The van der Waals surface area contributed by atoms with Crippen LogP contribution in [0.3, 0.4) is 0 Å². The molecule has 1 fully saturated rings. The molecule has 1 aliphatic heterocycles. The molecule has 3 rings (SSSR count). The van der Waals surface area contributed by atoms with Gasteiger partial charge in [0.1, 0.15) is 0 Å². The lowest BCUT2D eigenvalue weighted by Crippen LogP contribution is -2.41. The molecule has 2 N–H and O–H groups in total. The lowest BCUT2D eigenvalue weighted by molar-refractivity contribution is -0.134. The highest BCUT2D eigenvalue weighted by Crippen LogP contribution is 2.19. The molecule has 0 atom stereocenters. The van der Waals surface area contributed by atoms with Gasteiger partial charge in [-0.3, -0.25) is 9.59 Å². The second kappa shape index (κ2) is 7.46. The van der Waals surface area contributed by atoms with Crippen molar-refractivity contribution < 1.29 is 14.1 Å². The van der Waals surface area contributed by atoms with Crippen LogP contribution in [0.4, 0.5) is 0 Å². The minimum absolute atomic E-state index is 0.0400. The highest BCUT2D eigenvalue weighted by Gasteiger charge is 2.25. The zero-order chi connectivity index (χ0) is 17.8. The summed E-state index contributed by atoms with van der Waals surface area (Å²) >= 11 is 0. The standard InChI is InChI=1S/C18H22N4O3/c1-12-3-2-4-14(11-12)18-20-15(25-21-18)5-6-16(23)22-9-7-13(8-10-22)17(19)24/h2-4,11,13H,5-10H2,1H3,(H2,19,24). The van der Waals surface area contributed by atoms with E-state index in [4.69, 9.17) is 10.3 Å². The van der Waals surface area contributed by atoms with Gasteiger partial charge in [0.2, 0.25) is 23.5 Å². The monoisotopic (exact) mass is 342 g/mol. The lowest BCUT2D eigenvalue weighted by atomic mass is 9.96. The van der Waals surface area contributed by atoms with Gasteiger partial charge in [-0.2, -0.15) is 4.98 Å². The van der Waals surface area contributed by atoms with Crippen molar-refractivity contribution in [3.63, 3.8) is 0 Å². The summed E-state index contributed by atoms with van der Waals surface area (Å²) in [7, 11) is 0. The maximum absolute atomic E-state index is 12.3. The van der Waals surface area contributed by atoms with Crippen molar-refractivity contribution in [1.29, 1.82) is 0 Å². The summed E-state index contributed by atoms with van der Waals surface area (Å²) in [5.41, 5.74) is 7.33. The Morgan fingerprint density at radius 2 is 2.08 bits per heavy atom. The molecule has 1 aromatic heterocycles. The van der Waals surface area contributed by atoms with E-state index in [0.29, 0.717) is 50.5 Å². The summed E-state index contributed by atoms with van der Waals surface area (Å²) in [6.07, 6.45) is 2.00. The molecular weight excluding hydrogens is 320 g/mol. The highest BCUT2D eigenvalue weighted by atomic mass is 16.5. The Balaban J connectivity index is 1.52. The number of carbonyl (C=O) groups is 2. The maximum atomic E-state index is 12.3. The van der Waals surface area contributed by atoms with E-state index < -0.39 is 0 Å². The minimum Gasteiger partial charge on any atom is -0.369 e. The average Bonchev–Trinajstić information content (AvgIpc) is 3.09. The Bertz CT molecular complexity index is 763. The van der Waals surface area contributed by atoms with Crippen LogP contribution in [0.2, 0.25) is 0 Å². The van der Waals surface area contributed by atoms with Crippen LogP contribution in [0.1, 0.15) is 30.7 Å². The topological polar surface area (TPSA) is 102 Å². The fourth-order valence-electron chi connectivity index (χ4n) is 3.04. The molecule has 0 radical (unpaired) electrons. The summed E-state index contributed by atoms with van der Waals surface area (Å²) in [5, 5.41) is 3.98. The van der Waals surface area contributed by atoms with Crippen molar-refractivity contribution in [2.24, 2.45) is 11.7 Å². The number of likely N-dealkylation sites (tertiary alicyclic amines) is 1. The summed E-state index contributed by atoms with van der Waals surface area (Å²) in [6, 6.07) is 7.86. The Morgan fingerprint density at radius 1 is 1.32 bits per heavy atom. The first kappa shape index (κ1) is 17.1. The number of amides is 2. The van der Waals surface area contributed by atoms with Crippen molar-refractivity contribution in [2.45, 2.75) is 32.6 Å². The SMILES string of the molecule is Cc1cccc(-c2noc(CCC(=O)N3CCC(C(N)=O)CC3)n2)c1. The van der Waals surface area contributed by atoms with Gasteiger partial charge in [-0.15, -0.1) is 0 Å². The Hall–Kier alpha value is -2.70. The molecule has 1 aromatic carbocycles. The van der Waals surface area contributed by atoms with Crippen molar-refractivity contribution in [3.8, 4) is 11.4 Å². The number of carbonyl (C=O) groups excluding carboxylic acids is 2. The first-order chi connectivity index (χ1) is 12.0. The molecule has 132 valence electrons. The third-order valence-corrected chi connectivity index (χ3v) is 4.55. The van der Waals surface area contributed by atoms with Crippen molar-refractivity contribution in [3.05, 3.63) is 35.7 Å². The molecule has 1 aliphatic rings. The van der Waals surface area contributed by atoms with Crippen LogP contribution >= 0.6 is 0 Å². The van der Waals surface area contributed by atoms with Gasteiger partial charge >= 0.3 is 0 Å². The molecule has 2 heterocycles. The molecule has 25 heavy (non-hydrogen) atoms. The van der Waals surface area contributed by atoms with E-state index in [2.05, 4.69) is 10.1 Å². The molecule has 0 unspecified atom stereocenters. The minimum atomic E-state index is -0.276. The second-order valence-electron chi connectivity index (χ2n) is 6.44. The first-order valence-corrected chi connectivity index (χ1v) is 8.49. The number of aromatic nitrogens is 2. The number of hydrogen-bond acceptors (Lipinski definition) is 5. The van der Waals surface area contributed by atoms with Gasteiger partial charge in [0.25, 0.3) is 0 Å². The van der Waals surface area contributed by atoms with Gasteiger partial charge in [0.05, 0.1) is 0 Å². The Morgan fingerprint density at radius 3 is 2.76 bits per heavy atom. The zero-order valence-corrected chi connectivity index (χ0v) is 14.3. The van der Waals surface area contributed by atoms with E-state index in [1.165, 1.54) is 0 Å². The quantitative estimate of drug-likeness (QED) is 0.891. The number of piperidine rings is 1. The van der Waals surface area contributed by atoms with Gasteiger partial charge in [-0.25, -0.2) is 0 Å². The lowest BCUT2D eigenvalue weighted by Gasteiger charge is -2.30. The number of primary amides is 1. The van der Waals surface area contributed by atoms with Crippen LogP contribution in [0.25, 0.3) is 11.4 Å². The fraction of sp³-hybridized carbons (Fsp3) is 0.444. The normalized spacial score (nSPS) is 15.3. The second-order valence-corrected chi connectivity index (χ2v) is 6.44. The van der Waals surface area contributed by atoms with E-state index >= 15 is 0 Å². The highest BCUT2D eigenvalue weighted by molar-refractivity contribution is 5.79. The molecule has 0 saturated carbocycles. The number of nitrogens with zero attached hydrogens (tertiary/aromatic N) is 3. The largest absolute Gasteiger partial charge is 0.369 e. The van der Waals surface area contributed by atoms with Crippen LogP contribution < -0.4 is 5.73 Å². The van der Waals surface area contributed by atoms with Gasteiger partial charge in [0.15, 0.2) is 0 Å². The number of hydrogen-bond donors (Lipinski definition) is 1. The van der Waals surface area contributed by atoms with Crippen LogP contribution in [-0.4, -0.2) is 39.9 Å². The number of benzene rings is 1. The maximum Gasteiger partial charge on any atom is 0.227 e. The van der Waals surface area contributed by atoms with E-state index in [9.17, 15) is 9.59 Å². The summed E-state index contributed by atoms with van der Waals surface area (Å²) in [4.78, 5) is 29.6. The molecule has 0 aliphatic carbocycles. The zero-order valence-electron chi connectivity index (χ0n) is 14.3. The summed E-state index contributed by atoms with van der Waals surface area (Å²) in [6.45, 7) is 3.15. The van der Waals surface area contributed by atoms with Crippen LogP contribution in [-0.2, 0) is 16.0 Å². The van der Waals surface area contributed by atoms with E-state index in [-0.39, 0.29) is 17.7 Å². The number of nitrogens with two attached hydrogens (primary N) is 1. The van der Waals surface area contributed by atoms with E-state index in [0.717, 1.165) is 11.1 Å². The molecule has 2 aromatic rings. The molecule has 2 amide bonds. The molecule has 7 nitrogen and oxygen atoms in total. The Labute approximate surface area is 146 Å². The van der Waals surface area contributed by atoms with E-state index in [1.54, 1.807) is 4.90 Å². The van der Waals surface area contributed by atoms with Crippen molar-refractivity contribution >= 4 is 11.8 Å². The summed E-state index contributed by atoms with van der Waals surface area (Å²) < 4.78 is 5.25. The first-order valence-electron chi connectivity index (χ1n) is 8.49. The summed E-state index contributed by atoms with van der Waals surface area (Å²) in [5.74, 6) is 0.641. The van der Waals surface area contributed by atoms with Crippen LogP contribution in [0.5, 0.6) is 0 Å². The molecule has 0 spiro atoms. The third kappa shape index (κ3) is 4.23. The predicted octanol–water partition coefficient (Wildman–Crippen LogP) is 1.70. The van der Waals surface area contributed by atoms with Gasteiger partial charge in [0, 0.05) is 37.4 Å². The number of aryl methyl sites for hydroxylation is 2. The number of rotatable bonds is 5. The van der Waals surface area contributed by atoms with Crippen LogP contribution in [0.15, 0.2) is 28.8 Å². The average molecular weight is 342 g/mol. The van der Waals surface area contributed by atoms with Crippen molar-refractivity contribution in [2.75, 3.05) is 13.1 Å². The van der Waals surface area contributed by atoms with Gasteiger partial charge in [-0.05, 0) is 25.8 Å².